The van der Waals surface area contributed by atoms with Crippen molar-refractivity contribution >= 4 is 34.1 Å². The predicted molar refractivity (Wildman–Crippen MR) is 73.2 cm³/mol. The van der Waals surface area contributed by atoms with Gasteiger partial charge in [-0.15, -0.1) is 0 Å². The van der Waals surface area contributed by atoms with Crippen LogP contribution in [0.1, 0.15) is 0 Å². The largest absolute Gasteiger partial charge is 0.346 e. The molecular weight excluding hydrogens is 248 g/mol. The van der Waals surface area contributed by atoms with E-state index in [0.717, 1.165) is 16.7 Å². The van der Waals surface area contributed by atoms with Gasteiger partial charge in [0.05, 0.1) is 5.52 Å². The Bertz CT molecular complexity index is 691. The van der Waals surface area contributed by atoms with Crippen LogP contribution in [0.5, 0.6) is 0 Å². The van der Waals surface area contributed by atoms with Crippen LogP contribution in [-0.2, 0) is 7.05 Å². The van der Waals surface area contributed by atoms with Gasteiger partial charge in [0.25, 0.3) is 0 Å². The van der Waals surface area contributed by atoms with Crippen LogP contribution in [0.3, 0.4) is 0 Å². The summed E-state index contributed by atoms with van der Waals surface area (Å²) in [5, 5.41) is 3.50. The number of benzene rings is 1. The molecule has 2 heterocycles. The van der Waals surface area contributed by atoms with Crippen LogP contribution in [0.2, 0.25) is 5.28 Å². The molecular formula is C13H11ClN4. The van der Waals surface area contributed by atoms with E-state index in [4.69, 9.17) is 11.6 Å². The lowest BCUT2D eigenvalue weighted by molar-refractivity contribution is 0.964. The zero-order valence-corrected chi connectivity index (χ0v) is 10.5. The molecule has 0 aliphatic heterocycles. The Labute approximate surface area is 109 Å². The number of para-hydroxylation sites is 1. The molecule has 4 nitrogen and oxygen atoms in total. The van der Waals surface area contributed by atoms with Gasteiger partial charge >= 0.3 is 0 Å². The number of rotatable bonds is 2. The summed E-state index contributed by atoms with van der Waals surface area (Å²) in [6, 6.07) is 11.8. The van der Waals surface area contributed by atoms with Gasteiger partial charge in [-0.05, 0) is 29.8 Å². The molecule has 2 aromatic heterocycles. The number of fused-ring (bicyclic) bond motifs is 1. The second kappa shape index (κ2) is 4.31. The Kier molecular flexibility index (Phi) is 2.64. The zero-order chi connectivity index (χ0) is 12.5. The summed E-state index contributed by atoms with van der Waals surface area (Å²) in [4.78, 5) is 8.44. The van der Waals surface area contributed by atoms with Crippen LogP contribution < -0.4 is 5.32 Å². The highest BCUT2D eigenvalue weighted by Gasteiger charge is 2.09. The third kappa shape index (κ3) is 1.91. The summed E-state index contributed by atoms with van der Waals surface area (Å²) in [5.74, 6) is 0.712. The van der Waals surface area contributed by atoms with Crippen molar-refractivity contribution in [1.82, 2.24) is 14.5 Å². The Morgan fingerprint density at radius 1 is 1.11 bits per heavy atom. The van der Waals surface area contributed by atoms with Gasteiger partial charge in [0, 0.05) is 18.9 Å². The quantitative estimate of drug-likeness (QED) is 0.717. The summed E-state index contributed by atoms with van der Waals surface area (Å²) in [6.45, 7) is 0. The number of anilines is 2. The van der Waals surface area contributed by atoms with Crippen LogP contribution >= 0.6 is 11.6 Å². The summed E-state index contributed by atoms with van der Waals surface area (Å²) < 4.78 is 1.97. The summed E-state index contributed by atoms with van der Waals surface area (Å²) in [7, 11) is 1.95. The lowest BCUT2D eigenvalue weighted by Crippen LogP contribution is -1.99. The molecule has 0 saturated heterocycles. The highest BCUT2D eigenvalue weighted by Crippen LogP contribution is 2.25. The lowest BCUT2D eigenvalue weighted by atomic mass is 10.3. The van der Waals surface area contributed by atoms with E-state index in [2.05, 4.69) is 15.3 Å². The molecule has 1 N–H and O–H groups in total. The maximum atomic E-state index is 5.93. The molecule has 0 fully saturated rings. The van der Waals surface area contributed by atoms with Crippen molar-refractivity contribution in [3.63, 3.8) is 0 Å². The van der Waals surface area contributed by atoms with E-state index >= 15 is 0 Å². The van der Waals surface area contributed by atoms with E-state index in [1.807, 2.05) is 54.2 Å². The molecule has 3 aromatic rings. The third-order valence-electron chi connectivity index (χ3n) is 2.73. The first-order valence-electron chi connectivity index (χ1n) is 5.55. The SMILES string of the molecule is Cn1ccc2nc(Cl)nc(Nc3ccccc3)c21. The number of hydrogen-bond acceptors (Lipinski definition) is 3. The standard InChI is InChI=1S/C13H11ClN4/c1-18-8-7-10-11(18)12(17-13(14)16-10)15-9-5-3-2-4-6-9/h2-8H,1H3,(H,15,16,17). The van der Waals surface area contributed by atoms with Gasteiger partial charge in [-0.3, -0.25) is 0 Å². The van der Waals surface area contributed by atoms with Crippen LogP contribution in [0, 0.1) is 0 Å². The predicted octanol–water partition coefficient (Wildman–Crippen LogP) is 3.37. The minimum absolute atomic E-state index is 0.243. The minimum atomic E-state index is 0.243. The van der Waals surface area contributed by atoms with Crippen molar-refractivity contribution in [3.8, 4) is 0 Å². The molecule has 0 aliphatic carbocycles. The number of nitrogens with zero attached hydrogens (tertiary/aromatic N) is 3. The molecule has 0 atom stereocenters. The Balaban J connectivity index is 2.13. The molecule has 90 valence electrons. The van der Waals surface area contributed by atoms with E-state index < -0.39 is 0 Å². The van der Waals surface area contributed by atoms with Gasteiger partial charge in [0.2, 0.25) is 5.28 Å². The molecule has 0 bridgehead atoms. The average Bonchev–Trinajstić information content (AvgIpc) is 2.72. The number of aryl methyl sites for hydroxylation is 1. The van der Waals surface area contributed by atoms with Crippen LogP contribution in [0.4, 0.5) is 11.5 Å². The van der Waals surface area contributed by atoms with Crippen molar-refractivity contribution in [2.24, 2.45) is 7.05 Å². The topological polar surface area (TPSA) is 42.7 Å². The number of aromatic nitrogens is 3. The normalized spacial score (nSPS) is 10.8. The van der Waals surface area contributed by atoms with Crippen LogP contribution in [0.25, 0.3) is 11.0 Å². The average molecular weight is 259 g/mol. The highest BCUT2D eigenvalue weighted by molar-refractivity contribution is 6.28. The van der Waals surface area contributed by atoms with Gasteiger partial charge in [0.15, 0.2) is 5.82 Å². The summed E-state index contributed by atoms with van der Waals surface area (Å²) in [6.07, 6.45) is 1.94. The van der Waals surface area contributed by atoms with Gasteiger partial charge in [0.1, 0.15) is 5.52 Å². The highest BCUT2D eigenvalue weighted by atomic mass is 35.5. The van der Waals surface area contributed by atoms with Gasteiger partial charge in [-0.1, -0.05) is 18.2 Å². The molecule has 0 unspecified atom stereocenters. The molecule has 0 radical (unpaired) electrons. The van der Waals surface area contributed by atoms with Crippen LogP contribution in [-0.4, -0.2) is 14.5 Å². The molecule has 1 aromatic carbocycles. The fraction of sp³-hybridized carbons (Fsp3) is 0.0769. The Morgan fingerprint density at radius 3 is 2.67 bits per heavy atom. The monoisotopic (exact) mass is 258 g/mol. The zero-order valence-electron chi connectivity index (χ0n) is 9.76. The van der Waals surface area contributed by atoms with E-state index in [0.29, 0.717) is 5.82 Å². The molecule has 0 spiro atoms. The first kappa shape index (κ1) is 11.0. The first-order valence-corrected chi connectivity index (χ1v) is 5.92. The maximum Gasteiger partial charge on any atom is 0.225 e. The first-order chi connectivity index (χ1) is 8.74. The third-order valence-corrected chi connectivity index (χ3v) is 2.90. The van der Waals surface area contributed by atoms with E-state index in [9.17, 15) is 0 Å². The number of nitrogens with one attached hydrogen (secondary N) is 1. The van der Waals surface area contributed by atoms with Crippen molar-refractivity contribution < 1.29 is 0 Å². The second-order valence-corrected chi connectivity index (χ2v) is 4.33. The Morgan fingerprint density at radius 2 is 1.89 bits per heavy atom. The van der Waals surface area contributed by atoms with Crippen molar-refractivity contribution in [1.29, 1.82) is 0 Å². The lowest BCUT2D eigenvalue weighted by Gasteiger charge is -2.08. The smallest absolute Gasteiger partial charge is 0.225 e. The summed E-state index contributed by atoms with van der Waals surface area (Å²) in [5.41, 5.74) is 2.73. The van der Waals surface area contributed by atoms with Crippen molar-refractivity contribution in [3.05, 3.63) is 47.9 Å². The molecule has 0 aliphatic rings. The maximum absolute atomic E-state index is 5.93. The Hall–Kier alpha value is -2.07. The van der Waals surface area contributed by atoms with Gasteiger partial charge < -0.3 is 9.88 Å². The molecule has 0 saturated carbocycles. The van der Waals surface area contributed by atoms with E-state index in [-0.39, 0.29) is 5.28 Å². The van der Waals surface area contributed by atoms with E-state index in [1.54, 1.807) is 0 Å². The summed E-state index contributed by atoms with van der Waals surface area (Å²) >= 11 is 5.93. The fourth-order valence-corrected chi connectivity index (χ4v) is 2.09. The fourth-order valence-electron chi connectivity index (χ4n) is 1.91. The number of hydrogen-bond donors (Lipinski definition) is 1. The second-order valence-electron chi connectivity index (χ2n) is 3.99. The minimum Gasteiger partial charge on any atom is -0.346 e. The van der Waals surface area contributed by atoms with Gasteiger partial charge in [-0.2, -0.15) is 4.98 Å². The number of halogens is 1. The van der Waals surface area contributed by atoms with Crippen molar-refractivity contribution in [2.75, 3.05) is 5.32 Å². The molecule has 5 heteroatoms. The molecule has 0 amide bonds. The van der Waals surface area contributed by atoms with Crippen LogP contribution in [0.15, 0.2) is 42.6 Å². The molecule has 18 heavy (non-hydrogen) atoms. The molecule has 3 rings (SSSR count). The van der Waals surface area contributed by atoms with E-state index in [1.165, 1.54) is 0 Å². The van der Waals surface area contributed by atoms with Crippen molar-refractivity contribution in [2.45, 2.75) is 0 Å². The van der Waals surface area contributed by atoms with Gasteiger partial charge in [-0.25, -0.2) is 4.98 Å².